The maximum atomic E-state index is 12.2. The molecule has 0 amide bonds. The van der Waals surface area contributed by atoms with E-state index < -0.39 is 10.0 Å². The van der Waals surface area contributed by atoms with Gasteiger partial charge in [0.1, 0.15) is 4.90 Å². The van der Waals surface area contributed by atoms with E-state index >= 15 is 0 Å². The first-order valence-electron chi connectivity index (χ1n) is 5.65. The Morgan fingerprint density at radius 1 is 1.44 bits per heavy atom. The molecule has 0 aliphatic carbocycles. The summed E-state index contributed by atoms with van der Waals surface area (Å²) in [6, 6.07) is 1.46. The van der Waals surface area contributed by atoms with Gasteiger partial charge in [-0.1, -0.05) is 0 Å². The van der Waals surface area contributed by atoms with E-state index in [9.17, 15) is 8.42 Å². The number of nitrogens with one attached hydrogen (secondary N) is 2. The average molecular weight is 272 g/mol. The maximum absolute atomic E-state index is 12.2. The number of pyridine rings is 1. The Morgan fingerprint density at radius 2 is 2.11 bits per heavy atom. The summed E-state index contributed by atoms with van der Waals surface area (Å²) in [6.07, 6.45) is 2.89. The van der Waals surface area contributed by atoms with Crippen LogP contribution >= 0.6 is 0 Å². The Balaban J connectivity index is 2.93. The van der Waals surface area contributed by atoms with Crippen LogP contribution in [0.5, 0.6) is 0 Å². The molecule has 0 aliphatic rings. The summed E-state index contributed by atoms with van der Waals surface area (Å²) in [7, 11) is 1.92. The first kappa shape index (κ1) is 14.9. The SMILES string of the molecule is CNc1ccncc1S(=O)(=O)NC(C)CN(C)C. The lowest BCUT2D eigenvalue weighted by atomic mass is 10.3. The molecule has 0 aromatic carbocycles. The number of hydrogen-bond donors (Lipinski definition) is 2. The zero-order chi connectivity index (χ0) is 13.8. The lowest BCUT2D eigenvalue weighted by Crippen LogP contribution is -2.39. The third-order valence-electron chi connectivity index (χ3n) is 2.34. The molecule has 18 heavy (non-hydrogen) atoms. The molecular weight excluding hydrogens is 252 g/mol. The second kappa shape index (κ2) is 6.12. The quantitative estimate of drug-likeness (QED) is 0.782. The number of hydrogen-bond acceptors (Lipinski definition) is 5. The summed E-state index contributed by atoms with van der Waals surface area (Å²) in [4.78, 5) is 5.95. The van der Waals surface area contributed by atoms with Gasteiger partial charge in [-0.2, -0.15) is 0 Å². The van der Waals surface area contributed by atoms with Gasteiger partial charge in [0.05, 0.1) is 5.69 Å². The third kappa shape index (κ3) is 3.94. The van der Waals surface area contributed by atoms with Gasteiger partial charge in [0.2, 0.25) is 10.0 Å². The van der Waals surface area contributed by atoms with Crippen molar-refractivity contribution < 1.29 is 8.42 Å². The van der Waals surface area contributed by atoms with Crippen molar-refractivity contribution in [3.8, 4) is 0 Å². The number of sulfonamides is 1. The lowest BCUT2D eigenvalue weighted by molar-refractivity contribution is 0.370. The molecule has 0 fully saturated rings. The predicted octanol–water partition coefficient (Wildman–Crippen LogP) is 0.352. The second-order valence-corrected chi connectivity index (χ2v) is 6.09. The highest BCUT2D eigenvalue weighted by atomic mass is 32.2. The summed E-state index contributed by atoms with van der Waals surface area (Å²) in [5.41, 5.74) is 0.537. The van der Waals surface area contributed by atoms with Crippen molar-refractivity contribution in [3.63, 3.8) is 0 Å². The molecular formula is C11H20N4O2S. The molecule has 1 aromatic rings. The molecule has 102 valence electrons. The molecule has 6 nitrogen and oxygen atoms in total. The first-order chi connectivity index (χ1) is 8.36. The van der Waals surface area contributed by atoms with Crippen LogP contribution < -0.4 is 10.0 Å². The molecule has 7 heteroatoms. The van der Waals surface area contributed by atoms with E-state index in [-0.39, 0.29) is 10.9 Å². The van der Waals surface area contributed by atoms with Crippen molar-refractivity contribution in [2.75, 3.05) is 33.0 Å². The molecule has 0 aliphatic heterocycles. The average Bonchev–Trinajstić information content (AvgIpc) is 2.27. The van der Waals surface area contributed by atoms with Crippen LogP contribution in [-0.2, 0) is 10.0 Å². The Labute approximate surface area is 108 Å². The van der Waals surface area contributed by atoms with Gasteiger partial charge >= 0.3 is 0 Å². The van der Waals surface area contributed by atoms with Crippen LogP contribution in [0.15, 0.2) is 23.4 Å². The fourth-order valence-corrected chi connectivity index (χ4v) is 3.10. The van der Waals surface area contributed by atoms with Crippen LogP contribution in [0.2, 0.25) is 0 Å². The number of nitrogens with zero attached hydrogens (tertiary/aromatic N) is 2. The number of anilines is 1. The van der Waals surface area contributed by atoms with Crippen LogP contribution in [-0.4, -0.2) is 52.0 Å². The van der Waals surface area contributed by atoms with E-state index in [1.165, 1.54) is 6.20 Å². The standard InChI is InChI=1S/C11H20N4O2S/c1-9(8-15(3)4)14-18(16,17)11-7-13-6-5-10(11)12-2/h5-7,9,14H,8H2,1-4H3,(H,12,13). The van der Waals surface area contributed by atoms with Crippen LogP contribution in [0, 0.1) is 0 Å². The molecule has 1 heterocycles. The molecule has 0 spiro atoms. The third-order valence-corrected chi connectivity index (χ3v) is 3.96. The fraction of sp³-hybridized carbons (Fsp3) is 0.545. The highest BCUT2D eigenvalue weighted by Crippen LogP contribution is 2.18. The molecule has 0 radical (unpaired) electrons. The summed E-state index contributed by atoms with van der Waals surface area (Å²) in [5.74, 6) is 0. The van der Waals surface area contributed by atoms with Gasteiger partial charge in [0.25, 0.3) is 0 Å². The highest BCUT2D eigenvalue weighted by molar-refractivity contribution is 7.89. The minimum absolute atomic E-state index is 0.165. The smallest absolute Gasteiger partial charge is 0.244 e. The summed E-state index contributed by atoms with van der Waals surface area (Å²) in [5, 5.41) is 2.85. The van der Waals surface area contributed by atoms with Gasteiger partial charge in [-0.25, -0.2) is 13.1 Å². The zero-order valence-electron chi connectivity index (χ0n) is 11.1. The van der Waals surface area contributed by atoms with Crippen molar-refractivity contribution >= 4 is 15.7 Å². The van der Waals surface area contributed by atoms with Crippen LogP contribution in [0.1, 0.15) is 6.92 Å². The number of rotatable bonds is 6. The van der Waals surface area contributed by atoms with Crippen molar-refractivity contribution in [1.82, 2.24) is 14.6 Å². The molecule has 1 unspecified atom stereocenters. The van der Waals surface area contributed by atoms with Gasteiger partial charge in [-0.05, 0) is 27.1 Å². The van der Waals surface area contributed by atoms with E-state index in [1.54, 1.807) is 19.3 Å². The topological polar surface area (TPSA) is 74.3 Å². The summed E-state index contributed by atoms with van der Waals surface area (Å²) in [6.45, 7) is 2.46. The molecule has 1 atom stereocenters. The van der Waals surface area contributed by atoms with E-state index in [0.717, 1.165) is 0 Å². The Bertz CT molecular complexity index is 488. The molecule has 1 aromatic heterocycles. The highest BCUT2D eigenvalue weighted by Gasteiger charge is 2.20. The summed E-state index contributed by atoms with van der Waals surface area (Å²) >= 11 is 0. The Morgan fingerprint density at radius 3 is 2.67 bits per heavy atom. The van der Waals surface area contributed by atoms with Gasteiger partial charge in [0, 0.05) is 32.0 Å². The minimum atomic E-state index is -3.55. The van der Waals surface area contributed by atoms with Crippen LogP contribution in [0.3, 0.4) is 0 Å². The summed E-state index contributed by atoms with van der Waals surface area (Å²) < 4.78 is 27.0. The maximum Gasteiger partial charge on any atom is 0.244 e. The lowest BCUT2D eigenvalue weighted by Gasteiger charge is -2.19. The van der Waals surface area contributed by atoms with Gasteiger partial charge in [0.15, 0.2) is 0 Å². The van der Waals surface area contributed by atoms with Gasteiger partial charge < -0.3 is 10.2 Å². The monoisotopic (exact) mass is 272 g/mol. The van der Waals surface area contributed by atoms with Crippen molar-refractivity contribution in [1.29, 1.82) is 0 Å². The second-order valence-electron chi connectivity index (χ2n) is 4.41. The zero-order valence-corrected chi connectivity index (χ0v) is 12.0. The normalized spacial score (nSPS) is 13.6. The van der Waals surface area contributed by atoms with E-state index in [2.05, 4.69) is 15.0 Å². The predicted molar refractivity (Wildman–Crippen MR) is 72.1 cm³/mol. The van der Waals surface area contributed by atoms with E-state index in [0.29, 0.717) is 12.2 Å². The first-order valence-corrected chi connectivity index (χ1v) is 7.14. The number of likely N-dealkylation sites (N-methyl/N-ethyl adjacent to an activating group) is 1. The largest absolute Gasteiger partial charge is 0.387 e. The van der Waals surface area contributed by atoms with Crippen LogP contribution in [0.4, 0.5) is 5.69 Å². The number of aromatic nitrogens is 1. The van der Waals surface area contributed by atoms with Gasteiger partial charge in [-0.15, -0.1) is 0 Å². The molecule has 1 rings (SSSR count). The molecule has 0 bridgehead atoms. The van der Waals surface area contributed by atoms with Crippen molar-refractivity contribution in [2.45, 2.75) is 17.9 Å². The van der Waals surface area contributed by atoms with Gasteiger partial charge in [-0.3, -0.25) is 4.98 Å². The minimum Gasteiger partial charge on any atom is -0.387 e. The van der Waals surface area contributed by atoms with E-state index in [1.807, 2.05) is 25.9 Å². The Hall–Kier alpha value is -1.18. The fourth-order valence-electron chi connectivity index (χ4n) is 1.71. The molecule has 0 saturated heterocycles. The van der Waals surface area contributed by atoms with Crippen LogP contribution in [0.25, 0.3) is 0 Å². The van der Waals surface area contributed by atoms with Crippen molar-refractivity contribution in [2.24, 2.45) is 0 Å². The van der Waals surface area contributed by atoms with E-state index in [4.69, 9.17) is 0 Å². The molecule has 2 N–H and O–H groups in total. The molecule has 0 saturated carbocycles. The Kier molecular flexibility index (Phi) is 5.06. The van der Waals surface area contributed by atoms with Crippen molar-refractivity contribution in [3.05, 3.63) is 18.5 Å².